The van der Waals surface area contributed by atoms with E-state index in [0.29, 0.717) is 6.07 Å². The molecule has 3 N–H and O–H groups in total. The average molecular weight is 465 g/mol. The molecule has 0 spiro atoms. The van der Waals surface area contributed by atoms with Crippen molar-refractivity contribution in [3.8, 4) is 0 Å². The molecule has 0 radical (unpaired) electrons. The molecule has 158 valence electrons. The van der Waals surface area contributed by atoms with Crippen molar-refractivity contribution in [3.05, 3.63) is 36.4 Å². The molecule has 12 nitrogen and oxygen atoms in total. The van der Waals surface area contributed by atoms with Crippen LogP contribution in [-0.2, 0) is 30.4 Å². The number of benzene rings is 2. The zero-order chi connectivity index (χ0) is 22.2. The van der Waals surface area contributed by atoms with E-state index in [1.54, 1.807) is 14.1 Å². The van der Waals surface area contributed by atoms with Crippen LogP contribution in [-0.4, -0.2) is 53.0 Å². The summed E-state index contributed by atoms with van der Waals surface area (Å²) >= 11 is 0. The summed E-state index contributed by atoms with van der Waals surface area (Å²) in [6.45, 7) is 0. The van der Waals surface area contributed by atoms with Crippen LogP contribution >= 0.6 is 0 Å². The maximum absolute atomic E-state index is 11.6. The van der Waals surface area contributed by atoms with E-state index < -0.39 is 45.0 Å². The monoisotopic (exact) mass is 465 g/mol. The third-order valence-electron chi connectivity index (χ3n) is 3.44. The van der Waals surface area contributed by atoms with Crippen molar-refractivity contribution >= 4 is 47.4 Å². The number of azo groups is 1. The van der Waals surface area contributed by atoms with Gasteiger partial charge in [0, 0.05) is 14.1 Å². The van der Waals surface area contributed by atoms with Gasteiger partial charge in [-0.05, 0) is 36.4 Å². The lowest BCUT2D eigenvalue weighted by Gasteiger charge is -2.15. The Labute approximate surface area is 166 Å². The van der Waals surface area contributed by atoms with Crippen molar-refractivity contribution in [2.75, 3.05) is 19.0 Å². The maximum atomic E-state index is 11.6. The van der Waals surface area contributed by atoms with Gasteiger partial charge in [-0.25, -0.2) is 0 Å². The molecule has 0 aliphatic rings. The van der Waals surface area contributed by atoms with E-state index in [1.165, 1.54) is 17.0 Å². The number of hydrogen-bond donors (Lipinski definition) is 3. The number of nitrogens with zero attached hydrogens (tertiary/aromatic N) is 3. The highest BCUT2D eigenvalue weighted by Gasteiger charge is 2.19. The molecule has 2 aromatic rings. The molecule has 0 fully saturated rings. The summed E-state index contributed by atoms with van der Waals surface area (Å²) in [6.07, 6.45) is 0. The molecule has 0 unspecified atom stereocenters. The van der Waals surface area contributed by atoms with E-state index in [9.17, 15) is 29.8 Å². The molecule has 0 saturated carbocycles. The molecule has 29 heavy (non-hydrogen) atoms. The largest absolute Gasteiger partial charge is 0.377 e. The van der Waals surface area contributed by atoms with Gasteiger partial charge in [0.15, 0.2) is 0 Å². The van der Waals surface area contributed by atoms with E-state index in [4.69, 9.17) is 9.11 Å². The summed E-state index contributed by atoms with van der Waals surface area (Å²) in [5.41, 5.74) is -0.291. The molecule has 0 amide bonds. The summed E-state index contributed by atoms with van der Waals surface area (Å²) in [7, 11) is -11.2. The molecular weight excluding hydrogens is 450 g/mol. The van der Waals surface area contributed by atoms with Crippen LogP contribution in [0.4, 0.5) is 17.1 Å². The van der Waals surface area contributed by atoms with Crippen molar-refractivity contribution in [2.24, 2.45) is 10.2 Å². The van der Waals surface area contributed by atoms with Crippen LogP contribution < -0.4 is 4.90 Å². The lowest BCUT2D eigenvalue weighted by molar-refractivity contribution is 0.478. The Balaban J connectivity index is 2.60. The molecule has 15 heteroatoms. The fourth-order valence-corrected chi connectivity index (χ4v) is 4.12. The van der Waals surface area contributed by atoms with Crippen LogP contribution in [0.5, 0.6) is 0 Å². The second kappa shape index (κ2) is 7.77. The van der Waals surface area contributed by atoms with Crippen LogP contribution in [0.15, 0.2) is 61.3 Å². The second-order valence-electron chi connectivity index (χ2n) is 5.83. The molecule has 0 aliphatic carbocycles. The summed E-state index contributed by atoms with van der Waals surface area (Å²) in [5.74, 6) is 0. The highest BCUT2D eigenvalue weighted by Crippen LogP contribution is 2.30. The molecule has 0 heterocycles. The van der Waals surface area contributed by atoms with Gasteiger partial charge in [-0.15, -0.1) is 0 Å². The number of anilines is 1. The normalized spacial score (nSPS) is 13.0. The maximum Gasteiger partial charge on any atom is 0.296 e. The lowest BCUT2D eigenvalue weighted by Crippen LogP contribution is -2.13. The van der Waals surface area contributed by atoms with Gasteiger partial charge in [0.2, 0.25) is 0 Å². The average Bonchev–Trinajstić information content (AvgIpc) is 2.57. The number of hydrogen-bond acceptors (Lipinski definition) is 9. The Morgan fingerprint density at radius 3 is 1.59 bits per heavy atom. The Morgan fingerprint density at radius 2 is 1.17 bits per heavy atom. The third kappa shape index (κ3) is 5.78. The second-order valence-corrected chi connectivity index (χ2v) is 10.1. The molecule has 0 bridgehead atoms. The van der Waals surface area contributed by atoms with Crippen LogP contribution in [0, 0.1) is 0 Å². The van der Waals surface area contributed by atoms with Crippen LogP contribution in [0.2, 0.25) is 0 Å². The molecule has 0 aromatic heterocycles. The van der Waals surface area contributed by atoms with Crippen molar-refractivity contribution in [1.29, 1.82) is 0 Å². The fraction of sp³-hybridized carbons (Fsp3) is 0.143. The summed E-state index contributed by atoms with van der Waals surface area (Å²) in [6, 6.07) is 5.74. The molecule has 0 atom stereocenters. The van der Waals surface area contributed by atoms with Crippen LogP contribution in [0.3, 0.4) is 0 Å². The Kier molecular flexibility index (Phi) is 6.12. The highest BCUT2D eigenvalue weighted by molar-refractivity contribution is 7.86. The van der Waals surface area contributed by atoms with Gasteiger partial charge < -0.3 is 4.90 Å². The van der Waals surface area contributed by atoms with Gasteiger partial charge in [0.05, 0.1) is 26.9 Å². The lowest BCUT2D eigenvalue weighted by atomic mass is 10.2. The fourth-order valence-electron chi connectivity index (χ4n) is 2.17. The third-order valence-corrected chi connectivity index (χ3v) is 5.99. The smallest absolute Gasteiger partial charge is 0.296 e. The van der Waals surface area contributed by atoms with Crippen molar-refractivity contribution in [3.63, 3.8) is 0 Å². The van der Waals surface area contributed by atoms with Crippen LogP contribution in [0.25, 0.3) is 0 Å². The first-order chi connectivity index (χ1) is 13.1. The topological polar surface area (TPSA) is 191 Å². The minimum absolute atomic E-state index is 0.0751. The quantitative estimate of drug-likeness (QED) is 0.419. The first-order valence-electron chi connectivity index (χ1n) is 7.40. The Hall–Kier alpha value is -2.43. The molecular formula is C14H15N3O9S3. The van der Waals surface area contributed by atoms with Crippen LogP contribution in [0.1, 0.15) is 0 Å². The van der Waals surface area contributed by atoms with E-state index in [1.807, 2.05) is 0 Å². The minimum atomic E-state index is -4.83. The summed E-state index contributed by atoms with van der Waals surface area (Å²) < 4.78 is 95.9. The van der Waals surface area contributed by atoms with Gasteiger partial charge in [-0.2, -0.15) is 35.5 Å². The van der Waals surface area contributed by atoms with Gasteiger partial charge in [-0.1, -0.05) is 0 Å². The summed E-state index contributed by atoms with van der Waals surface area (Å²) in [5, 5.41) is 7.28. The zero-order valence-electron chi connectivity index (χ0n) is 14.8. The van der Waals surface area contributed by atoms with Crippen molar-refractivity contribution in [1.82, 2.24) is 0 Å². The SMILES string of the molecule is CN(C)c1ccc(N=Nc2cc(S(=O)(=O)O)cc(S(=O)(=O)O)c2)cc1S(=O)(=O)O. The van der Waals surface area contributed by atoms with Gasteiger partial charge >= 0.3 is 0 Å². The molecule has 2 aromatic carbocycles. The molecule has 0 saturated heterocycles. The van der Waals surface area contributed by atoms with Gasteiger partial charge in [0.25, 0.3) is 30.4 Å². The predicted molar refractivity (Wildman–Crippen MR) is 101 cm³/mol. The molecule has 0 aliphatic heterocycles. The van der Waals surface area contributed by atoms with Crippen molar-refractivity contribution in [2.45, 2.75) is 14.7 Å². The first-order valence-corrected chi connectivity index (χ1v) is 11.7. The van der Waals surface area contributed by atoms with E-state index >= 15 is 0 Å². The van der Waals surface area contributed by atoms with E-state index in [0.717, 1.165) is 18.2 Å². The standard InChI is InChI=1S/C14H15N3O9S3/c1-17(2)13-4-3-9(7-14(13)29(24,25)26)15-16-10-5-11(27(18,19)20)8-12(6-10)28(21,22)23/h3-8H,1-2H3,(H,18,19,20)(H,21,22,23)(H,24,25,26). The predicted octanol–water partition coefficient (Wildman–Crippen LogP) is 1.91. The molecule has 2 rings (SSSR count). The first kappa shape index (κ1) is 22.9. The summed E-state index contributed by atoms with van der Waals surface area (Å²) in [4.78, 5) is -0.756. The highest BCUT2D eigenvalue weighted by atomic mass is 32.2. The minimum Gasteiger partial charge on any atom is -0.377 e. The van der Waals surface area contributed by atoms with Gasteiger partial charge in [-0.3, -0.25) is 13.7 Å². The Bertz CT molecular complexity index is 1250. The van der Waals surface area contributed by atoms with Crippen molar-refractivity contribution < 1.29 is 38.9 Å². The zero-order valence-corrected chi connectivity index (χ0v) is 17.3. The number of rotatable bonds is 6. The Morgan fingerprint density at radius 1 is 0.690 bits per heavy atom. The van der Waals surface area contributed by atoms with E-state index in [-0.39, 0.29) is 17.1 Å². The van der Waals surface area contributed by atoms with Gasteiger partial charge in [0.1, 0.15) is 4.90 Å². The van der Waals surface area contributed by atoms with E-state index in [2.05, 4.69) is 10.2 Å².